The summed E-state index contributed by atoms with van der Waals surface area (Å²) in [4.78, 5) is 24.0. The van der Waals surface area contributed by atoms with Gasteiger partial charge in [0.05, 0.1) is 13.5 Å². The minimum absolute atomic E-state index is 0.0462. The Labute approximate surface area is 155 Å². The van der Waals surface area contributed by atoms with Crippen LogP contribution in [0.15, 0.2) is 51.7 Å². The van der Waals surface area contributed by atoms with E-state index in [1.54, 1.807) is 31.4 Å². The Morgan fingerprint density at radius 2 is 1.92 bits per heavy atom. The highest BCUT2D eigenvalue weighted by molar-refractivity contribution is 6.32. The summed E-state index contributed by atoms with van der Waals surface area (Å²) in [6.07, 6.45) is 0.0727. The van der Waals surface area contributed by atoms with Gasteiger partial charge in [-0.3, -0.25) is 4.79 Å². The van der Waals surface area contributed by atoms with Gasteiger partial charge in [0.2, 0.25) is 0 Å². The highest BCUT2D eigenvalue weighted by Gasteiger charge is 2.13. The van der Waals surface area contributed by atoms with Crippen molar-refractivity contribution in [3.05, 3.63) is 74.6 Å². The number of hydrogen-bond acceptors (Lipinski definition) is 5. The summed E-state index contributed by atoms with van der Waals surface area (Å²) in [7, 11) is 1.55. The van der Waals surface area contributed by atoms with Gasteiger partial charge in [0.15, 0.2) is 0 Å². The number of aryl methyl sites for hydroxylation is 1. The summed E-state index contributed by atoms with van der Waals surface area (Å²) in [5.74, 6) is 0.201. The van der Waals surface area contributed by atoms with Gasteiger partial charge in [0.25, 0.3) is 0 Å². The first-order chi connectivity index (χ1) is 12.5. The molecule has 0 aliphatic rings. The Morgan fingerprint density at radius 1 is 1.15 bits per heavy atom. The Morgan fingerprint density at radius 3 is 2.69 bits per heavy atom. The van der Waals surface area contributed by atoms with E-state index in [-0.39, 0.29) is 13.0 Å². The van der Waals surface area contributed by atoms with Crippen LogP contribution in [0.5, 0.6) is 5.75 Å². The molecule has 0 fully saturated rings. The highest BCUT2D eigenvalue weighted by Crippen LogP contribution is 2.26. The summed E-state index contributed by atoms with van der Waals surface area (Å²) < 4.78 is 15.8. The second kappa shape index (κ2) is 7.62. The second-order valence-electron chi connectivity index (χ2n) is 5.84. The molecule has 0 spiro atoms. The quantitative estimate of drug-likeness (QED) is 0.499. The van der Waals surface area contributed by atoms with E-state index in [1.807, 2.05) is 19.1 Å². The number of methoxy groups -OCH3 is 1. The summed E-state index contributed by atoms with van der Waals surface area (Å²) in [6, 6.07) is 11.9. The van der Waals surface area contributed by atoms with Gasteiger partial charge >= 0.3 is 11.6 Å². The maximum Gasteiger partial charge on any atom is 0.336 e. The molecule has 5 nitrogen and oxygen atoms in total. The largest absolute Gasteiger partial charge is 0.496 e. The van der Waals surface area contributed by atoms with E-state index in [0.29, 0.717) is 27.3 Å². The molecule has 0 aliphatic heterocycles. The van der Waals surface area contributed by atoms with E-state index >= 15 is 0 Å². The molecular formula is C20H17ClO5. The summed E-state index contributed by atoms with van der Waals surface area (Å²) in [5, 5.41) is 1.19. The van der Waals surface area contributed by atoms with Crippen molar-refractivity contribution in [2.24, 2.45) is 0 Å². The third-order valence-corrected chi connectivity index (χ3v) is 4.43. The number of halogens is 1. The maximum absolute atomic E-state index is 12.2. The van der Waals surface area contributed by atoms with Crippen LogP contribution in [0.2, 0.25) is 5.02 Å². The van der Waals surface area contributed by atoms with Crippen LogP contribution in [-0.2, 0) is 22.6 Å². The molecule has 134 valence electrons. The molecule has 0 radical (unpaired) electrons. The molecule has 0 aliphatic carbocycles. The highest BCUT2D eigenvalue weighted by atomic mass is 35.5. The number of esters is 1. The maximum atomic E-state index is 12.2. The van der Waals surface area contributed by atoms with Gasteiger partial charge in [-0.2, -0.15) is 0 Å². The third kappa shape index (κ3) is 3.89. The van der Waals surface area contributed by atoms with Crippen LogP contribution < -0.4 is 10.4 Å². The van der Waals surface area contributed by atoms with Crippen molar-refractivity contribution in [3.8, 4) is 5.75 Å². The van der Waals surface area contributed by atoms with Crippen molar-refractivity contribution < 1.29 is 18.7 Å². The van der Waals surface area contributed by atoms with E-state index in [1.165, 1.54) is 6.07 Å². The molecule has 2 aromatic carbocycles. The number of benzene rings is 2. The number of para-hydroxylation sites is 1. The Bertz CT molecular complexity index is 1020. The van der Waals surface area contributed by atoms with Gasteiger partial charge in [0, 0.05) is 27.6 Å². The summed E-state index contributed by atoms with van der Waals surface area (Å²) in [5.41, 5.74) is 1.99. The van der Waals surface area contributed by atoms with Crippen LogP contribution in [-0.4, -0.2) is 13.1 Å². The zero-order chi connectivity index (χ0) is 18.7. The lowest BCUT2D eigenvalue weighted by molar-refractivity contribution is -0.144. The van der Waals surface area contributed by atoms with E-state index < -0.39 is 11.6 Å². The van der Waals surface area contributed by atoms with E-state index in [2.05, 4.69) is 0 Å². The van der Waals surface area contributed by atoms with E-state index in [4.69, 9.17) is 25.5 Å². The predicted octanol–water partition coefficient (Wildman–Crippen LogP) is 4.05. The molecule has 0 N–H and O–H groups in total. The first kappa shape index (κ1) is 18.0. The SMILES string of the molecule is COc1ccccc1CC(=O)OCc1cc(=O)oc2cc(C)c(Cl)cc12. The van der Waals surface area contributed by atoms with E-state index in [9.17, 15) is 9.59 Å². The Hall–Kier alpha value is -2.79. The van der Waals surface area contributed by atoms with Gasteiger partial charge in [-0.15, -0.1) is 0 Å². The molecule has 0 unspecified atom stereocenters. The monoisotopic (exact) mass is 372 g/mol. The van der Waals surface area contributed by atoms with E-state index in [0.717, 1.165) is 11.1 Å². The number of carbonyl (C=O) groups excluding carboxylic acids is 1. The third-order valence-electron chi connectivity index (χ3n) is 4.03. The average Bonchev–Trinajstić information content (AvgIpc) is 2.61. The van der Waals surface area contributed by atoms with Crippen molar-refractivity contribution in [2.45, 2.75) is 20.0 Å². The molecule has 0 atom stereocenters. The summed E-state index contributed by atoms with van der Waals surface area (Å²) >= 11 is 6.16. The number of rotatable bonds is 5. The van der Waals surface area contributed by atoms with Gasteiger partial charge in [-0.05, 0) is 30.7 Å². The molecule has 6 heteroatoms. The number of ether oxygens (including phenoxy) is 2. The lowest BCUT2D eigenvalue weighted by Gasteiger charge is -2.10. The molecule has 0 bridgehead atoms. The fourth-order valence-corrected chi connectivity index (χ4v) is 2.85. The second-order valence-corrected chi connectivity index (χ2v) is 6.24. The molecule has 3 aromatic rings. The normalized spacial score (nSPS) is 10.7. The van der Waals surface area contributed by atoms with Crippen molar-refractivity contribution in [1.82, 2.24) is 0 Å². The fourth-order valence-electron chi connectivity index (χ4n) is 2.68. The minimum atomic E-state index is -0.505. The number of fused-ring (bicyclic) bond motifs is 1. The van der Waals surface area contributed by atoms with Crippen LogP contribution in [0.3, 0.4) is 0 Å². The summed E-state index contributed by atoms with van der Waals surface area (Å²) in [6.45, 7) is 1.77. The number of carbonyl (C=O) groups is 1. The fraction of sp³-hybridized carbons (Fsp3) is 0.200. The molecule has 0 saturated carbocycles. The van der Waals surface area contributed by atoms with Gasteiger partial charge < -0.3 is 13.9 Å². The zero-order valence-electron chi connectivity index (χ0n) is 14.4. The average molecular weight is 373 g/mol. The molecule has 1 aromatic heterocycles. The molecule has 3 rings (SSSR count). The van der Waals surface area contributed by atoms with Crippen LogP contribution in [0.25, 0.3) is 11.0 Å². The van der Waals surface area contributed by atoms with Crippen LogP contribution in [0.1, 0.15) is 16.7 Å². The van der Waals surface area contributed by atoms with Crippen molar-refractivity contribution in [3.63, 3.8) is 0 Å². The van der Waals surface area contributed by atoms with Gasteiger partial charge in [-0.25, -0.2) is 4.79 Å². The minimum Gasteiger partial charge on any atom is -0.496 e. The topological polar surface area (TPSA) is 65.7 Å². The Balaban J connectivity index is 1.80. The Kier molecular flexibility index (Phi) is 5.28. The van der Waals surface area contributed by atoms with Crippen molar-refractivity contribution in [1.29, 1.82) is 0 Å². The number of hydrogen-bond donors (Lipinski definition) is 0. The molecule has 1 heterocycles. The standard InChI is InChI=1S/C20H17ClO5/c1-12-7-18-15(10-16(12)21)14(9-20(23)26-18)11-25-19(22)8-13-5-3-4-6-17(13)24-2/h3-7,9-10H,8,11H2,1-2H3. The molecule has 0 amide bonds. The van der Waals surface area contributed by atoms with Crippen LogP contribution in [0, 0.1) is 6.92 Å². The van der Waals surface area contributed by atoms with Crippen LogP contribution in [0.4, 0.5) is 0 Å². The lowest BCUT2D eigenvalue weighted by atomic mass is 10.1. The zero-order valence-corrected chi connectivity index (χ0v) is 15.1. The van der Waals surface area contributed by atoms with Crippen molar-refractivity contribution >= 4 is 28.5 Å². The lowest BCUT2D eigenvalue weighted by Crippen LogP contribution is -2.10. The van der Waals surface area contributed by atoms with Crippen molar-refractivity contribution in [2.75, 3.05) is 7.11 Å². The first-order valence-corrected chi connectivity index (χ1v) is 8.36. The molecule has 0 saturated heterocycles. The first-order valence-electron chi connectivity index (χ1n) is 7.98. The van der Waals surface area contributed by atoms with Gasteiger partial charge in [-0.1, -0.05) is 29.8 Å². The van der Waals surface area contributed by atoms with Crippen LogP contribution >= 0.6 is 11.6 Å². The van der Waals surface area contributed by atoms with Gasteiger partial charge in [0.1, 0.15) is 17.9 Å². The predicted molar refractivity (Wildman–Crippen MR) is 98.7 cm³/mol. The molecule has 26 heavy (non-hydrogen) atoms. The smallest absolute Gasteiger partial charge is 0.336 e. The molecular weight excluding hydrogens is 356 g/mol.